The van der Waals surface area contributed by atoms with Crippen molar-refractivity contribution in [2.45, 2.75) is 20.3 Å². The van der Waals surface area contributed by atoms with Crippen molar-refractivity contribution in [2.75, 3.05) is 28.7 Å². The molecule has 2 N–H and O–H groups in total. The third-order valence-corrected chi connectivity index (χ3v) is 4.39. The molecule has 1 atom stereocenters. The zero-order chi connectivity index (χ0) is 13.0. The standard InChI is InChI=1S/C14H20N2OS/c1-10-3-4-13(16-11(2)17)7-14(10)15-8-12-5-6-18-9-12/h3-4,7,12,15H,5-6,8-9H2,1-2H3,(H,16,17). The van der Waals surface area contributed by atoms with Crippen molar-refractivity contribution in [3.8, 4) is 0 Å². The molecule has 0 spiro atoms. The minimum absolute atomic E-state index is 0.0306. The monoisotopic (exact) mass is 264 g/mol. The first kappa shape index (κ1) is 13.3. The molecule has 1 aliphatic rings. The van der Waals surface area contributed by atoms with Crippen LogP contribution in [-0.2, 0) is 4.79 Å². The van der Waals surface area contributed by atoms with Gasteiger partial charge < -0.3 is 10.6 Å². The highest BCUT2D eigenvalue weighted by Gasteiger charge is 2.15. The molecule has 1 saturated heterocycles. The average Bonchev–Trinajstić information content (AvgIpc) is 2.82. The average molecular weight is 264 g/mol. The smallest absolute Gasteiger partial charge is 0.221 e. The molecule has 0 aliphatic carbocycles. The zero-order valence-electron chi connectivity index (χ0n) is 11.0. The summed E-state index contributed by atoms with van der Waals surface area (Å²) in [7, 11) is 0. The number of carbonyl (C=O) groups is 1. The van der Waals surface area contributed by atoms with Gasteiger partial charge in [-0.1, -0.05) is 6.07 Å². The number of carbonyl (C=O) groups excluding carboxylic acids is 1. The van der Waals surface area contributed by atoms with Crippen molar-refractivity contribution in [1.82, 2.24) is 0 Å². The third-order valence-electron chi connectivity index (χ3n) is 3.16. The topological polar surface area (TPSA) is 41.1 Å². The minimum atomic E-state index is -0.0306. The predicted octanol–water partition coefficient (Wildman–Crippen LogP) is 3.12. The number of nitrogens with one attached hydrogen (secondary N) is 2. The highest BCUT2D eigenvalue weighted by atomic mass is 32.2. The Morgan fingerprint density at radius 2 is 2.33 bits per heavy atom. The Hall–Kier alpha value is -1.16. The molecule has 1 aliphatic heterocycles. The molecule has 3 nitrogen and oxygen atoms in total. The lowest BCUT2D eigenvalue weighted by Gasteiger charge is -2.14. The van der Waals surface area contributed by atoms with Crippen LogP contribution in [0.15, 0.2) is 18.2 Å². The Kier molecular flexibility index (Phi) is 4.53. The highest BCUT2D eigenvalue weighted by Crippen LogP contribution is 2.25. The van der Waals surface area contributed by atoms with Crippen LogP contribution in [0, 0.1) is 12.8 Å². The number of hydrogen-bond acceptors (Lipinski definition) is 3. The van der Waals surface area contributed by atoms with Crippen LogP contribution in [0.5, 0.6) is 0 Å². The fourth-order valence-corrected chi connectivity index (χ4v) is 3.38. The van der Waals surface area contributed by atoms with E-state index in [1.165, 1.54) is 30.4 Å². The van der Waals surface area contributed by atoms with Crippen molar-refractivity contribution in [2.24, 2.45) is 5.92 Å². The Morgan fingerprint density at radius 1 is 1.50 bits per heavy atom. The number of aryl methyl sites for hydroxylation is 1. The normalized spacial score (nSPS) is 18.7. The number of amides is 1. The Bertz CT molecular complexity index is 428. The van der Waals surface area contributed by atoms with Gasteiger partial charge in [0.2, 0.25) is 5.91 Å². The molecule has 1 amide bonds. The maximum atomic E-state index is 11.0. The van der Waals surface area contributed by atoms with Crippen LogP contribution >= 0.6 is 11.8 Å². The van der Waals surface area contributed by atoms with Gasteiger partial charge in [-0.2, -0.15) is 11.8 Å². The summed E-state index contributed by atoms with van der Waals surface area (Å²) in [5, 5.41) is 6.32. The lowest BCUT2D eigenvalue weighted by molar-refractivity contribution is -0.114. The first-order chi connectivity index (χ1) is 8.65. The molecule has 4 heteroatoms. The van der Waals surface area contributed by atoms with Crippen LogP contribution in [0.25, 0.3) is 0 Å². The second-order valence-electron chi connectivity index (χ2n) is 4.82. The molecular weight excluding hydrogens is 244 g/mol. The Morgan fingerprint density at radius 3 is 3.00 bits per heavy atom. The van der Waals surface area contributed by atoms with Gasteiger partial charge in [0.15, 0.2) is 0 Å². The van der Waals surface area contributed by atoms with Gasteiger partial charge in [-0.15, -0.1) is 0 Å². The zero-order valence-corrected chi connectivity index (χ0v) is 11.8. The molecule has 1 heterocycles. The van der Waals surface area contributed by atoms with Crippen LogP contribution in [0.4, 0.5) is 11.4 Å². The van der Waals surface area contributed by atoms with Crippen molar-refractivity contribution in [1.29, 1.82) is 0 Å². The quantitative estimate of drug-likeness (QED) is 0.878. The number of anilines is 2. The number of hydrogen-bond donors (Lipinski definition) is 2. The van der Waals surface area contributed by atoms with Crippen LogP contribution in [0.3, 0.4) is 0 Å². The van der Waals surface area contributed by atoms with E-state index in [4.69, 9.17) is 0 Å². The summed E-state index contributed by atoms with van der Waals surface area (Å²) >= 11 is 2.04. The van der Waals surface area contributed by atoms with E-state index in [1.807, 2.05) is 30.0 Å². The fourth-order valence-electron chi connectivity index (χ4n) is 2.09. The van der Waals surface area contributed by atoms with Crippen molar-refractivity contribution in [3.63, 3.8) is 0 Å². The molecule has 1 fully saturated rings. The summed E-state index contributed by atoms with van der Waals surface area (Å²) in [4.78, 5) is 11.0. The van der Waals surface area contributed by atoms with Crippen molar-refractivity contribution >= 4 is 29.0 Å². The molecular formula is C14H20N2OS. The predicted molar refractivity (Wildman–Crippen MR) is 79.4 cm³/mol. The van der Waals surface area contributed by atoms with Gasteiger partial charge in [0.1, 0.15) is 0 Å². The van der Waals surface area contributed by atoms with E-state index in [9.17, 15) is 4.79 Å². The first-order valence-corrected chi connectivity index (χ1v) is 7.50. The minimum Gasteiger partial charge on any atom is -0.384 e. The highest BCUT2D eigenvalue weighted by molar-refractivity contribution is 7.99. The van der Waals surface area contributed by atoms with Gasteiger partial charge in [0.25, 0.3) is 0 Å². The molecule has 0 saturated carbocycles. The van der Waals surface area contributed by atoms with Crippen LogP contribution in [-0.4, -0.2) is 24.0 Å². The van der Waals surface area contributed by atoms with Gasteiger partial charge in [0, 0.05) is 24.8 Å². The molecule has 1 unspecified atom stereocenters. The van der Waals surface area contributed by atoms with Gasteiger partial charge >= 0.3 is 0 Å². The van der Waals surface area contributed by atoms with Gasteiger partial charge in [-0.25, -0.2) is 0 Å². The molecule has 18 heavy (non-hydrogen) atoms. The molecule has 98 valence electrons. The molecule has 1 aromatic rings. The summed E-state index contributed by atoms with van der Waals surface area (Å²) < 4.78 is 0. The van der Waals surface area contributed by atoms with Crippen LogP contribution in [0.2, 0.25) is 0 Å². The number of benzene rings is 1. The third kappa shape index (κ3) is 3.67. The molecule has 1 aromatic carbocycles. The summed E-state index contributed by atoms with van der Waals surface area (Å²) in [5.74, 6) is 3.30. The second-order valence-corrected chi connectivity index (χ2v) is 5.97. The lowest BCUT2D eigenvalue weighted by Crippen LogP contribution is -2.14. The van der Waals surface area contributed by atoms with Crippen LogP contribution in [0.1, 0.15) is 18.9 Å². The maximum absolute atomic E-state index is 11.0. The Balaban J connectivity index is 1.98. The van der Waals surface area contributed by atoms with Gasteiger partial charge in [-0.05, 0) is 48.5 Å². The SMILES string of the molecule is CC(=O)Nc1ccc(C)c(NCC2CCSC2)c1. The van der Waals surface area contributed by atoms with E-state index in [1.54, 1.807) is 0 Å². The summed E-state index contributed by atoms with van der Waals surface area (Å²) in [6.07, 6.45) is 1.31. The number of rotatable bonds is 4. The molecule has 2 rings (SSSR count). The summed E-state index contributed by atoms with van der Waals surface area (Å²) in [6.45, 7) is 4.64. The van der Waals surface area contributed by atoms with Crippen molar-refractivity contribution < 1.29 is 4.79 Å². The van der Waals surface area contributed by atoms with E-state index < -0.39 is 0 Å². The summed E-state index contributed by atoms with van der Waals surface area (Å²) in [5.41, 5.74) is 3.20. The van der Waals surface area contributed by atoms with Crippen molar-refractivity contribution in [3.05, 3.63) is 23.8 Å². The Labute approximate surface area is 113 Å². The van der Waals surface area contributed by atoms with E-state index in [0.717, 1.165) is 23.8 Å². The lowest BCUT2D eigenvalue weighted by atomic mass is 10.1. The largest absolute Gasteiger partial charge is 0.384 e. The fraction of sp³-hybridized carbons (Fsp3) is 0.500. The van der Waals surface area contributed by atoms with E-state index in [2.05, 4.69) is 17.6 Å². The number of thioether (sulfide) groups is 1. The summed E-state index contributed by atoms with van der Waals surface area (Å²) in [6, 6.07) is 5.99. The van der Waals surface area contributed by atoms with Gasteiger partial charge in [0.05, 0.1) is 0 Å². The van der Waals surface area contributed by atoms with E-state index in [0.29, 0.717) is 0 Å². The van der Waals surface area contributed by atoms with E-state index >= 15 is 0 Å². The van der Waals surface area contributed by atoms with Crippen LogP contribution < -0.4 is 10.6 Å². The maximum Gasteiger partial charge on any atom is 0.221 e. The second kappa shape index (κ2) is 6.14. The molecule has 0 radical (unpaired) electrons. The first-order valence-electron chi connectivity index (χ1n) is 6.35. The molecule has 0 aromatic heterocycles. The van der Waals surface area contributed by atoms with E-state index in [-0.39, 0.29) is 5.91 Å². The van der Waals surface area contributed by atoms with Gasteiger partial charge in [-0.3, -0.25) is 4.79 Å². The molecule has 0 bridgehead atoms.